The van der Waals surface area contributed by atoms with Crippen LogP contribution in [-0.2, 0) is 0 Å². The van der Waals surface area contributed by atoms with Crippen LogP contribution in [0.3, 0.4) is 0 Å². The minimum atomic E-state index is 0.462. The molecule has 0 aliphatic carbocycles. The molecule has 0 fully saturated rings. The van der Waals surface area contributed by atoms with Crippen LogP contribution in [0.25, 0.3) is 33.5 Å². The largest absolute Gasteiger partial charge is 0.382 e. The van der Waals surface area contributed by atoms with Gasteiger partial charge in [-0.05, 0) is 18.2 Å². The fourth-order valence-electron chi connectivity index (χ4n) is 2.28. The molecule has 0 amide bonds. The van der Waals surface area contributed by atoms with Crippen LogP contribution in [-0.4, -0.2) is 19.9 Å². The molecule has 1 aromatic carbocycles. The zero-order valence-corrected chi connectivity index (χ0v) is 10.0. The van der Waals surface area contributed by atoms with Gasteiger partial charge in [-0.25, -0.2) is 9.97 Å². The number of para-hydroxylation sites is 1. The van der Waals surface area contributed by atoms with Gasteiger partial charge >= 0.3 is 0 Å². The summed E-state index contributed by atoms with van der Waals surface area (Å²) < 4.78 is 0. The smallest absolute Gasteiger partial charge is 0.178 e. The molecule has 0 unspecified atom stereocenters. The number of nitrogens with one attached hydrogen (secondary N) is 2. The summed E-state index contributed by atoms with van der Waals surface area (Å²) in [6.07, 6.45) is 1.81. The maximum atomic E-state index is 5.94. The second-order valence-corrected chi connectivity index (χ2v) is 4.44. The van der Waals surface area contributed by atoms with Gasteiger partial charge < -0.3 is 15.7 Å². The van der Waals surface area contributed by atoms with Crippen LogP contribution in [0.1, 0.15) is 0 Å². The van der Waals surface area contributed by atoms with E-state index in [-0.39, 0.29) is 0 Å². The predicted octanol–water partition coefficient (Wildman–Crippen LogP) is 2.69. The van der Waals surface area contributed by atoms with E-state index >= 15 is 0 Å². The molecule has 4 aromatic rings. The molecule has 0 saturated carbocycles. The summed E-state index contributed by atoms with van der Waals surface area (Å²) in [7, 11) is 0. The molecule has 4 N–H and O–H groups in total. The molecule has 5 nitrogen and oxygen atoms in total. The predicted molar refractivity (Wildman–Crippen MR) is 75.6 cm³/mol. The van der Waals surface area contributed by atoms with Crippen LogP contribution in [0.15, 0.2) is 42.6 Å². The molecule has 3 aromatic heterocycles. The van der Waals surface area contributed by atoms with Crippen LogP contribution in [0.2, 0.25) is 0 Å². The van der Waals surface area contributed by atoms with Crippen molar-refractivity contribution in [2.75, 3.05) is 5.73 Å². The first-order chi connectivity index (χ1) is 9.31. The molecular formula is C14H11N5. The maximum absolute atomic E-state index is 5.94. The zero-order valence-electron chi connectivity index (χ0n) is 10.0. The molecule has 3 heterocycles. The molecule has 0 bridgehead atoms. The minimum Gasteiger partial charge on any atom is -0.382 e. The van der Waals surface area contributed by atoms with E-state index in [1.54, 1.807) is 0 Å². The normalized spacial score (nSPS) is 11.4. The molecule has 19 heavy (non-hydrogen) atoms. The molecule has 5 heteroatoms. The highest BCUT2D eigenvalue weighted by atomic mass is 15.0. The van der Waals surface area contributed by atoms with Crippen molar-refractivity contribution in [3.8, 4) is 11.5 Å². The monoisotopic (exact) mass is 249 g/mol. The third kappa shape index (κ3) is 1.48. The lowest BCUT2D eigenvalue weighted by molar-refractivity contribution is 1.20. The van der Waals surface area contributed by atoms with E-state index in [0.29, 0.717) is 11.6 Å². The summed E-state index contributed by atoms with van der Waals surface area (Å²) in [6, 6.07) is 12.0. The van der Waals surface area contributed by atoms with E-state index in [2.05, 4.69) is 19.9 Å². The van der Waals surface area contributed by atoms with E-state index in [9.17, 15) is 0 Å². The average molecular weight is 249 g/mol. The first kappa shape index (κ1) is 10.1. The van der Waals surface area contributed by atoms with Gasteiger partial charge in [0.05, 0.1) is 11.2 Å². The van der Waals surface area contributed by atoms with Crippen LogP contribution >= 0.6 is 0 Å². The van der Waals surface area contributed by atoms with Crippen molar-refractivity contribution >= 4 is 27.8 Å². The summed E-state index contributed by atoms with van der Waals surface area (Å²) in [4.78, 5) is 15.2. The van der Waals surface area contributed by atoms with Crippen molar-refractivity contribution < 1.29 is 0 Å². The number of nitrogens with two attached hydrogens (primary N) is 1. The average Bonchev–Trinajstić information content (AvgIpc) is 3.04. The van der Waals surface area contributed by atoms with Gasteiger partial charge in [-0.3, -0.25) is 0 Å². The van der Waals surface area contributed by atoms with E-state index in [0.717, 1.165) is 27.6 Å². The van der Waals surface area contributed by atoms with Gasteiger partial charge in [0.15, 0.2) is 11.6 Å². The maximum Gasteiger partial charge on any atom is 0.178 e. The number of H-pyrrole nitrogens is 2. The summed E-state index contributed by atoms with van der Waals surface area (Å²) in [5, 5.41) is 1.13. The number of hydrogen-bond acceptors (Lipinski definition) is 3. The van der Waals surface area contributed by atoms with E-state index in [4.69, 9.17) is 5.73 Å². The number of nitrogen functional groups attached to an aromatic ring is 1. The minimum absolute atomic E-state index is 0.462. The Labute approximate surface area is 108 Å². The molecule has 4 rings (SSSR count). The highest BCUT2D eigenvalue weighted by Crippen LogP contribution is 2.24. The summed E-state index contributed by atoms with van der Waals surface area (Å²) in [6.45, 7) is 0. The first-order valence-corrected chi connectivity index (χ1v) is 6.00. The van der Waals surface area contributed by atoms with Crippen molar-refractivity contribution in [1.29, 1.82) is 0 Å². The quantitative estimate of drug-likeness (QED) is 0.485. The SMILES string of the molecule is Nc1nc(-c2cc3ccccc3[nH]2)nc2cc[nH]c12. The summed E-state index contributed by atoms with van der Waals surface area (Å²) in [5.41, 5.74) is 9.47. The Hall–Kier alpha value is -2.82. The lowest BCUT2D eigenvalue weighted by Gasteiger charge is -2.00. The molecule has 0 aliphatic rings. The second-order valence-electron chi connectivity index (χ2n) is 4.44. The molecular weight excluding hydrogens is 238 g/mol. The number of rotatable bonds is 1. The Morgan fingerprint density at radius 3 is 2.84 bits per heavy atom. The topological polar surface area (TPSA) is 83.4 Å². The number of benzene rings is 1. The Morgan fingerprint density at radius 2 is 1.95 bits per heavy atom. The molecule has 0 atom stereocenters. The third-order valence-electron chi connectivity index (χ3n) is 3.20. The van der Waals surface area contributed by atoms with Crippen molar-refractivity contribution in [3.63, 3.8) is 0 Å². The Morgan fingerprint density at radius 1 is 1.05 bits per heavy atom. The van der Waals surface area contributed by atoms with Crippen molar-refractivity contribution in [1.82, 2.24) is 19.9 Å². The second kappa shape index (κ2) is 3.58. The zero-order chi connectivity index (χ0) is 12.8. The number of nitrogens with zero attached hydrogens (tertiary/aromatic N) is 2. The Bertz CT molecular complexity index is 854. The number of fused-ring (bicyclic) bond motifs is 2. The number of hydrogen-bond donors (Lipinski definition) is 3. The van der Waals surface area contributed by atoms with Gasteiger partial charge in [-0.2, -0.15) is 0 Å². The third-order valence-corrected chi connectivity index (χ3v) is 3.20. The summed E-state index contributed by atoms with van der Waals surface area (Å²) >= 11 is 0. The lowest BCUT2D eigenvalue weighted by Crippen LogP contribution is -1.97. The standard InChI is InChI=1S/C14H11N5/c15-13-12-10(5-6-16-12)18-14(19-13)11-7-8-3-1-2-4-9(8)17-11/h1-7,16-17H,(H2,15,18,19). The van der Waals surface area contributed by atoms with Gasteiger partial charge in [-0.1, -0.05) is 18.2 Å². The van der Waals surface area contributed by atoms with Gasteiger partial charge in [0.25, 0.3) is 0 Å². The van der Waals surface area contributed by atoms with Crippen LogP contribution in [0.4, 0.5) is 5.82 Å². The fourth-order valence-corrected chi connectivity index (χ4v) is 2.28. The van der Waals surface area contributed by atoms with Crippen molar-refractivity contribution in [2.45, 2.75) is 0 Å². The Balaban J connectivity index is 1.97. The lowest BCUT2D eigenvalue weighted by atomic mass is 10.2. The van der Waals surface area contributed by atoms with Crippen LogP contribution < -0.4 is 5.73 Å². The van der Waals surface area contributed by atoms with Crippen molar-refractivity contribution in [2.24, 2.45) is 0 Å². The highest BCUT2D eigenvalue weighted by Gasteiger charge is 2.10. The van der Waals surface area contributed by atoms with Gasteiger partial charge in [0.2, 0.25) is 0 Å². The van der Waals surface area contributed by atoms with Crippen LogP contribution in [0.5, 0.6) is 0 Å². The number of aromatic amines is 2. The molecule has 0 radical (unpaired) electrons. The first-order valence-electron chi connectivity index (χ1n) is 6.00. The molecule has 0 spiro atoms. The molecule has 92 valence electrons. The van der Waals surface area contributed by atoms with Gasteiger partial charge in [0, 0.05) is 17.1 Å². The van der Waals surface area contributed by atoms with E-state index in [1.807, 2.05) is 42.6 Å². The summed E-state index contributed by atoms with van der Waals surface area (Å²) in [5.74, 6) is 1.07. The van der Waals surface area contributed by atoms with Crippen molar-refractivity contribution in [3.05, 3.63) is 42.6 Å². The molecule has 0 saturated heterocycles. The van der Waals surface area contributed by atoms with E-state index in [1.165, 1.54) is 0 Å². The van der Waals surface area contributed by atoms with Gasteiger partial charge in [0.1, 0.15) is 5.52 Å². The number of aromatic nitrogens is 4. The number of anilines is 1. The van der Waals surface area contributed by atoms with Gasteiger partial charge in [-0.15, -0.1) is 0 Å². The van der Waals surface area contributed by atoms with E-state index < -0.39 is 0 Å². The van der Waals surface area contributed by atoms with Crippen LogP contribution in [0, 0.1) is 0 Å². The fraction of sp³-hybridized carbons (Fsp3) is 0. The highest BCUT2D eigenvalue weighted by molar-refractivity contribution is 5.88. The Kier molecular flexibility index (Phi) is 1.91. The molecule has 0 aliphatic heterocycles.